The SMILES string of the molecule is C=C1C(CC/C(C)=C/C(=O)OC(CO)CO)[C@@]2(C)CC(=O)CC(C)(C)[C@H]2C[C@@H]1O. The molecule has 4 atom stereocenters. The van der Waals surface area contributed by atoms with Gasteiger partial charge in [-0.25, -0.2) is 4.79 Å². The van der Waals surface area contributed by atoms with Crippen molar-refractivity contribution in [1.82, 2.24) is 0 Å². The molecule has 0 spiro atoms. The number of fused-ring (bicyclic) bond motifs is 1. The van der Waals surface area contributed by atoms with E-state index in [1.165, 1.54) is 6.08 Å². The Bertz CT molecular complexity index is 675. The van der Waals surface area contributed by atoms with E-state index >= 15 is 0 Å². The van der Waals surface area contributed by atoms with Gasteiger partial charge in [0.25, 0.3) is 0 Å². The maximum atomic E-state index is 12.5. The van der Waals surface area contributed by atoms with Crippen LogP contribution >= 0.6 is 0 Å². The fraction of sp³-hybridized carbons (Fsp3) is 0.739. The molecule has 0 aromatic rings. The zero-order valence-electron chi connectivity index (χ0n) is 18.1. The second-order valence-corrected chi connectivity index (χ2v) is 9.77. The van der Waals surface area contributed by atoms with E-state index in [-0.39, 0.29) is 28.4 Å². The Morgan fingerprint density at radius 1 is 1.28 bits per heavy atom. The first-order valence-electron chi connectivity index (χ1n) is 10.4. The Kier molecular flexibility index (Phi) is 7.47. The van der Waals surface area contributed by atoms with Crippen LogP contribution in [0.1, 0.15) is 59.8 Å². The largest absolute Gasteiger partial charge is 0.454 e. The third-order valence-electron chi connectivity index (χ3n) is 6.98. The lowest BCUT2D eigenvalue weighted by Crippen LogP contribution is -2.54. The van der Waals surface area contributed by atoms with Crippen LogP contribution in [0.15, 0.2) is 23.8 Å². The minimum atomic E-state index is -0.921. The van der Waals surface area contributed by atoms with Crippen molar-refractivity contribution in [3.63, 3.8) is 0 Å². The fourth-order valence-corrected chi connectivity index (χ4v) is 5.61. The van der Waals surface area contributed by atoms with Gasteiger partial charge in [0.05, 0.1) is 19.3 Å². The molecule has 29 heavy (non-hydrogen) atoms. The monoisotopic (exact) mass is 408 g/mol. The summed E-state index contributed by atoms with van der Waals surface area (Å²) in [6.45, 7) is 11.5. The van der Waals surface area contributed by atoms with Crippen molar-refractivity contribution in [2.45, 2.75) is 72.0 Å². The molecule has 2 fully saturated rings. The molecule has 2 saturated carbocycles. The quantitative estimate of drug-likeness (QED) is 0.340. The number of hydrogen-bond acceptors (Lipinski definition) is 6. The Morgan fingerprint density at radius 3 is 2.48 bits per heavy atom. The maximum Gasteiger partial charge on any atom is 0.331 e. The number of rotatable bonds is 7. The van der Waals surface area contributed by atoms with E-state index in [1.54, 1.807) is 0 Å². The van der Waals surface area contributed by atoms with E-state index in [0.717, 1.165) is 11.1 Å². The van der Waals surface area contributed by atoms with Gasteiger partial charge in [-0.3, -0.25) is 4.79 Å². The van der Waals surface area contributed by atoms with Gasteiger partial charge in [0.1, 0.15) is 11.9 Å². The van der Waals surface area contributed by atoms with Gasteiger partial charge in [-0.1, -0.05) is 32.9 Å². The number of aliphatic hydroxyl groups excluding tert-OH is 3. The van der Waals surface area contributed by atoms with Gasteiger partial charge in [0, 0.05) is 18.9 Å². The summed E-state index contributed by atoms with van der Waals surface area (Å²) >= 11 is 0. The van der Waals surface area contributed by atoms with E-state index < -0.39 is 31.4 Å². The van der Waals surface area contributed by atoms with Crippen molar-refractivity contribution in [3.05, 3.63) is 23.8 Å². The molecule has 0 aromatic carbocycles. The summed E-state index contributed by atoms with van der Waals surface area (Å²) in [6.07, 6.45) is 2.84. The molecule has 0 saturated heterocycles. The molecule has 6 heteroatoms. The van der Waals surface area contributed by atoms with Gasteiger partial charge in [-0.2, -0.15) is 0 Å². The van der Waals surface area contributed by atoms with Gasteiger partial charge in [-0.05, 0) is 54.4 Å². The summed E-state index contributed by atoms with van der Waals surface area (Å²) in [5.74, 6) is -0.127. The molecule has 2 aliphatic rings. The summed E-state index contributed by atoms with van der Waals surface area (Å²) in [6, 6.07) is 0. The Hall–Kier alpha value is -1.50. The molecule has 0 aromatic heterocycles. The van der Waals surface area contributed by atoms with Crippen LogP contribution in [0.25, 0.3) is 0 Å². The van der Waals surface area contributed by atoms with Crippen molar-refractivity contribution in [2.24, 2.45) is 22.7 Å². The summed E-state index contributed by atoms with van der Waals surface area (Å²) in [4.78, 5) is 24.5. The first-order valence-corrected chi connectivity index (χ1v) is 10.4. The van der Waals surface area contributed by atoms with Crippen molar-refractivity contribution >= 4 is 11.8 Å². The minimum absolute atomic E-state index is 0.0122. The molecular formula is C23H36O6. The van der Waals surface area contributed by atoms with Crippen LogP contribution in [0, 0.1) is 22.7 Å². The first kappa shape index (κ1) is 23.8. The van der Waals surface area contributed by atoms with Gasteiger partial charge in [-0.15, -0.1) is 0 Å². The van der Waals surface area contributed by atoms with Crippen LogP contribution in [0.4, 0.5) is 0 Å². The lowest BCUT2D eigenvalue weighted by atomic mass is 9.46. The maximum absolute atomic E-state index is 12.5. The number of aliphatic hydroxyl groups is 3. The topological polar surface area (TPSA) is 104 Å². The van der Waals surface area contributed by atoms with Crippen LogP contribution in [0.5, 0.6) is 0 Å². The van der Waals surface area contributed by atoms with Crippen LogP contribution in [0.3, 0.4) is 0 Å². The van der Waals surface area contributed by atoms with Crippen molar-refractivity contribution in [3.8, 4) is 0 Å². The van der Waals surface area contributed by atoms with Gasteiger partial charge < -0.3 is 20.1 Å². The smallest absolute Gasteiger partial charge is 0.331 e. The molecule has 0 amide bonds. The number of ether oxygens (including phenoxy) is 1. The highest BCUT2D eigenvalue weighted by atomic mass is 16.6. The average Bonchev–Trinajstić information content (AvgIpc) is 2.60. The summed E-state index contributed by atoms with van der Waals surface area (Å²) in [7, 11) is 0. The second-order valence-electron chi connectivity index (χ2n) is 9.77. The highest BCUT2D eigenvalue weighted by Gasteiger charge is 2.56. The van der Waals surface area contributed by atoms with Crippen molar-refractivity contribution in [1.29, 1.82) is 0 Å². The zero-order chi connectivity index (χ0) is 22.0. The van der Waals surface area contributed by atoms with Gasteiger partial charge >= 0.3 is 5.97 Å². The van der Waals surface area contributed by atoms with E-state index in [1.807, 2.05) is 6.92 Å². The normalized spacial score (nSPS) is 32.3. The van der Waals surface area contributed by atoms with E-state index in [4.69, 9.17) is 14.9 Å². The first-order chi connectivity index (χ1) is 13.4. The highest BCUT2D eigenvalue weighted by molar-refractivity contribution is 5.83. The predicted molar refractivity (Wildman–Crippen MR) is 110 cm³/mol. The zero-order valence-corrected chi connectivity index (χ0v) is 18.1. The Balaban J connectivity index is 2.15. The molecule has 164 valence electrons. The summed E-state index contributed by atoms with van der Waals surface area (Å²) in [5, 5.41) is 28.7. The highest BCUT2D eigenvalue weighted by Crippen LogP contribution is 2.61. The molecule has 0 aliphatic heterocycles. The molecule has 3 N–H and O–H groups in total. The number of hydrogen-bond donors (Lipinski definition) is 3. The number of allylic oxidation sites excluding steroid dienone is 1. The van der Waals surface area contributed by atoms with E-state index in [2.05, 4.69) is 27.4 Å². The summed E-state index contributed by atoms with van der Waals surface area (Å²) < 4.78 is 4.98. The molecule has 2 rings (SSSR count). The third-order valence-corrected chi connectivity index (χ3v) is 6.98. The van der Waals surface area contributed by atoms with Crippen LogP contribution in [0.2, 0.25) is 0 Å². The second kappa shape index (κ2) is 9.11. The lowest BCUT2D eigenvalue weighted by molar-refractivity contribution is -0.147. The molecule has 1 unspecified atom stereocenters. The van der Waals surface area contributed by atoms with Gasteiger partial charge in [0.2, 0.25) is 0 Å². The number of ketones is 1. The number of Topliss-reactive ketones (excluding diaryl/α,β-unsaturated/α-hetero) is 1. The number of esters is 1. The Labute approximate surface area is 173 Å². The minimum Gasteiger partial charge on any atom is -0.454 e. The standard InChI is InChI=1S/C23H36O6/c1-14(8-21(28)29-17(12-24)13-25)6-7-18-15(2)19(27)9-20-22(3,4)10-16(26)11-23(18,20)5/h8,17-20,24-25,27H,2,6-7,9-13H2,1,3-5H3/b14-8+/t18?,19-,20+,23+/m0/s1. The number of carbonyl (C=O) groups excluding carboxylic acids is 2. The predicted octanol–water partition coefficient (Wildman–Crippen LogP) is 2.56. The van der Waals surface area contributed by atoms with E-state index in [9.17, 15) is 14.7 Å². The fourth-order valence-electron chi connectivity index (χ4n) is 5.61. The van der Waals surface area contributed by atoms with E-state index in [0.29, 0.717) is 32.1 Å². The van der Waals surface area contributed by atoms with Crippen molar-refractivity contribution in [2.75, 3.05) is 13.2 Å². The molecule has 6 nitrogen and oxygen atoms in total. The molecule has 0 bridgehead atoms. The summed E-state index contributed by atoms with van der Waals surface area (Å²) in [5.41, 5.74) is 1.17. The lowest BCUT2D eigenvalue weighted by Gasteiger charge is -2.58. The molecular weight excluding hydrogens is 372 g/mol. The van der Waals surface area contributed by atoms with Crippen LogP contribution in [-0.4, -0.2) is 52.5 Å². The van der Waals surface area contributed by atoms with Crippen LogP contribution in [-0.2, 0) is 14.3 Å². The van der Waals surface area contributed by atoms with Crippen LogP contribution < -0.4 is 0 Å². The third kappa shape index (κ3) is 5.16. The molecule has 0 heterocycles. The number of carbonyl (C=O) groups is 2. The van der Waals surface area contributed by atoms with Gasteiger partial charge in [0.15, 0.2) is 0 Å². The molecule has 2 aliphatic carbocycles. The van der Waals surface area contributed by atoms with Crippen molar-refractivity contribution < 1.29 is 29.6 Å². The average molecular weight is 409 g/mol. The Morgan fingerprint density at radius 2 is 1.90 bits per heavy atom. The molecule has 0 radical (unpaired) electrons.